The minimum atomic E-state index is 0.0797. The van der Waals surface area contributed by atoms with Gasteiger partial charge < -0.3 is 14.7 Å². The van der Waals surface area contributed by atoms with E-state index < -0.39 is 0 Å². The molecule has 2 aromatic carbocycles. The highest BCUT2D eigenvalue weighted by molar-refractivity contribution is 5.98. The molecule has 0 bridgehead atoms. The Labute approximate surface area is 146 Å². The summed E-state index contributed by atoms with van der Waals surface area (Å²) < 4.78 is 2.03. The van der Waals surface area contributed by atoms with Crippen molar-refractivity contribution >= 4 is 10.9 Å². The Morgan fingerprint density at radius 1 is 1.04 bits per heavy atom. The lowest BCUT2D eigenvalue weighted by Crippen LogP contribution is -2.03. The summed E-state index contributed by atoms with van der Waals surface area (Å²) in [4.78, 5) is 8.18. The van der Waals surface area contributed by atoms with Crippen LogP contribution in [0.4, 0.5) is 0 Å². The van der Waals surface area contributed by atoms with Gasteiger partial charge in [-0.05, 0) is 19.4 Å². The number of aromatic nitrogens is 3. The minimum Gasteiger partial charge on any atom is -0.395 e. The van der Waals surface area contributed by atoms with Gasteiger partial charge in [0, 0.05) is 28.8 Å². The second kappa shape index (κ2) is 6.22. The van der Waals surface area contributed by atoms with E-state index in [9.17, 15) is 5.11 Å². The second-order valence-electron chi connectivity index (χ2n) is 6.33. The molecule has 0 aliphatic heterocycles. The number of aryl methyl sites for hydroxylation is 2. The van der Waals surface area contributed by atoms with Gasteiger partial charge in [0.05, 0.1) is 29.8 Å². The average molecular weight is 331 g/mol. The molecule has 2 aromatic heterocycles. The normalized spacial score (nSPS) is 11.3. The molecule has 25 heavy (non-hydrogen) atoms. The van der Waals surface area contributed by atoms with Crippen molar-refractivity contribution in [2.45, 2.75) is 20.4 Å². The number of nitrogens with zero attached hydrogens (tertiary/aromatic N) is 2. The highest BCUT2D eigenvalue weighted by Crippen LogP contribution is 2.36. The van der Waals surface area contributed by atoms with Crippen LogP contribution in [0.25, 0.3) is 33.4 Å². The summed E-state index contributed by atoms with van der Waals surface area (Å²) in [6.07, 6.45) is 1.81. The van der Waals surface area contributed by atoms with E-state index in [1.807, 2.05) is 29.1 Å². The molecule has 0 unspecified atom stereocenters. The van der Waals surface area contributed by atoms with Gasteiger partial charge in [-0.15, -0.1) is 0 Å². The Hall–Kier alpha value is -2.85. The molecule has 0 saturated carbocycles. The molecule has 0 radical (unpaired) electrons. The van der Waals surface area contributed by atoms with E-state index in [2.05, 4.69) is 54.1 Å². The smallest absolute Gasteiger partial charge is 0.0964 e. The molecule has 2 heterocycles. The Kier molecular flexibility index (Phi) is 3.90. The van der Waals surface area contributed by atoms with Crippen molar-refractivity contribution in [3.8, 4) is 22.5 Å². The molecule has 2 N–H and O–H groups in total. The van der Waals surface area contributed by atoms with Crippen molar-refractivity contribution in [3.05, 3.63) is 66.1 Å². The van der Waals surface area contributed by atoms with Gasteiger partial charge in [-0.1, -0.05) is 48.5 Å². The molecular formula is C21H21N3O. The van der Waals surface area contributed by atoms with Gasteiger partial charge in [0.2, 0.25) is 0 Å². The van der Waals surface area contributed by atoms with Crippen LogP contribution in [0.15, 0.2) is 54.9 Å². The Bertz CT molecular complexity index is 1030. The fraction of sp³-hybridized carbons (Fsp3) is 0.190. The first-order valence-corrected chi connectivity index (χ1v) is 8.50. The average Bonchev–Trinajstić information content (AvgIpc) is 3.18. The maximum atomic E-state index is 9.48. The SMILES string of the molecule is Cc1[nH]c2c(-c3c(-c4ccccc4)ncn3CCO)cccc2c1C. The van der Waals surface area contributed by atoms with Gasteiger partial charge in [0.15, 0.2) is 0 Å². The number of hydrogen-bond donors (Lipinski definition) is 2. The summed E-state index contributed by atoms with van der Waals surface area (Å²) in [7, 11) is 0. The highest BCUT2D eigenvalue weighted by Gasteiger charge is 2.18. The fourth-order valence-electron chi connectivity index (χ4n) is 3.43. The van der Waals surface area contributed by atoms with Crippen LogP contribution in [0.5, 0.6) is 0 Å². The number of benzene rings is 2. The van der Waals surface area contributed by atoms with Crippen LogP contribution < -0.4 is 0 Å². The molecule has 0 aliphatic rings. The lowest BCUT2D eigenvalue weighted by Gasteiger charge is -2.11. The number of aliphatic hydroxyl groups excluding tert-OH is 1. The van der Waals surface area contributed by atoms with Crippen molar-refractivity contribution in [2.24, 2.45) is 0 Å². The van der Waals surface area contributed by atoms with Crippen LogP contribution in [0.1, 0.15) is 11.3 Å². The van der Waals surface area contributed by atoms with Crippen LogP contribution in [-0.2, 0) is 6.54 Å². The summed E-state index contributed by atoms with van der Waals surface area (Å²) in [6, 6.07) is 16.5. The van der Waals surface area contributed by atoms with E-state index in [1.54, 1.807) is 0 Å². The molecule has 0 amide bonds. The standard InChI is InChI=1S/C21H21N3O/c1-14-15(2)23-20-17(14)9-6-10-18(20)21-19(16-7-4-3-5-8-16)22-13-24(21)11-12-25/h3-10,13,23,25H,11-12H2,1-2H3. The van der Waals surface area contributed by atoms with E-state index in [0.29, 0.717) is 6.54 Å². The Morgan fingerprint density at radius 2 is 1.84 bits per heavy atom. The lowest BCUT2D eigenvalue weighted by atomic mass is 10.0. The van der Waals surface area contributed by atoms with E-state index in [1.165, 1.54) is 16.6 Å². The third-order valence-corrected chi connectivity index (χ3v) is 4.82. The summed E-state index contributed by atoms with van der Waals surface area (Å²) in [5, 5.41) is 10.7. The summed E-state index contributed by atoms with van der Waals surface area (Å²) in [5.41, 5.74) is 7.72. The number of rotatable bonds is 4. The van der Waals surface area contributed by atoms with Gasteiger partial charge in [-0.25, -0.2) is 4.98 Å². The molecule has 0 aliphatic carbocycles. The van der Waals surface area contributed by atoms with Gasteiger partial charge in [-0.3, -0.25) is 0 Å². The monoisotopic (exact) mass is 331 g/mol. The van der Waals surface area contributed by atoms with Crippen LogP contribution in [0.3, 0.4) is 0 Å². The van der Waals surface area contributed by atoms with E-state index in [-0.39, 0.29) is 6.61 Å². The van der Waals surface area contributed by atoms with E-state index in [4.69, 9.17) is 0 Å². The van der Waals surface area contributed by atoms with E-state index in [0.717, 1.165) is 28.0 Å². The summed E-state index contributed by atoms with van der Waals surface area (Å²) in [6.45, 7) is 4.84. The lowest BCUT2D eigenvalue weighted by molar-refractivity contribution is 0.276. The topological polar surface area (TPSA) is 53.8 Å². The quantitative estimate of drug-likeness (QED) is 0.585. The first-order valence-electron chi connectivity index (χ1n) is 8.50. The molecule has 0 saturated heterocycles. The molecule has 0 spiro atoms. The van der Waals surface area contributed by atoms with Crippen LogP contribution in [-0.4, -0.2) is 26.2 Å². The molecule has 0 atom stereocenters. The van der Waals surface area contributed by atoms with Crippen LogP contribution in [0.2, 0.25) is 0 Å². The van der Waals surface area contributed by atoms with Crippen LogP contribution >= 0.6 is 0 Å². The zero-order chi connectivity index (χ0) is 17.4. The number of nitrogens with one attached hydrogen (secondary N) is 1. The van der Waals surface area contributed by atoms with Crippen molar-refractivity contribution in [3.63, 3.8) is 0 Å². The number of para-hydroxylation sites is 1. The maximum absolute atomic E-state index is 9.48. The van der Waals surface area contributed by atoms with Crippen LogP contribution in [0, 0.1) is 13.8 Å². The fourth-order valence-corrected chi connectivity index (χ4v) is 3.43. The number of fused-ring (bicyclic) bond motifs is 1. The van der Waals surface area contributed by atoms with Gasteiger partial charge in [0.25, 0.3) is 0 Å². The van der Waals surface area contributed by atoms with Crippen molar-refractivity contribution in [2.75, 3.05) is 6.61 Å². The number of imidazole rings is 1. The predicted octanol–water partition coefficient (Wildman–Crippen LogP) is 4.31. The van der Waals surface area contributed by atoms with Crippen molar-refractivity contribution < 1.29 is 5.11 Å². The molecule has 126 valence electrons. The van der Waals surface area contributed by atoms with Crippen molar-refractivity contribution in [1.29, 1.82) is 0 Å². The highest BCUT2D eigenvalue weighted by atomic mass is 16.3. The molecule has 4 rings (SSSR count). The third kappa shape index (κ3) is 2.55. The minimum absolute atomic E-state index is 0.0797. The summed E-state index contributed by atoms with van der Waals surface area (Å²) in [5.74, 6) is 0. The summed E-state index contributed by atoms with van der Waals surface area (Å²) >= 11 is 0. The zero-order valence-corrected chi connectivity index (χ0v) is 14.5. The first-order chi connectivity index (χ1) is 12.2. The van der Waals surface area contributed by atoms with Gasteiger partial charge in [-0.2, -0.15) is 0 Å². The molecule has 4 heteroatoms. The number of aliphatic hydroxyl groups is 1. The van der Waals surface area contributed by atoms with Crippen molar-refractivity contribution in [1.82, 2.24) is 14.5 Å². The predicted molar refractivity (Wildman–Crippen MR) is 102 cm³/mol. The third-order valence-electron chi connectivity index (χ3n) is 4.82. The Balaban J connectivity index is 2.02. The largest absolute Gasteiger partial charge is 0.395 e. The Morgan fingerprint density at radius 3 is 2.60 bits per heavy atom. The first kappa shape index (κ1) is 15.7. The number of hydrogen-bond acceptors (Lipinski definition) is 2. The van der Waals surface area contributed by atoms with Gasteiger partial charge >= 0.3 is 0 Å². The van der Waals surface area contributed by atoms with E-state index >= 15 is 0 Å². The molecule has 0 fully saturated rings. The molecule has 4 nitrogen and oxygen atoms in total. The number of aromatic amines is 1. The number of H-pyrrole nitrogens is 1. The zero-order valence-electron chi connectivity index (χ0n) is 14.5. The second-order valence-corrected chi connectivity index (χ2v) is 6.33. The maximum Gasteiger partial charge on any atom is 0.0964 e. The van der Waals surface area contributed by atoms with Gasteiger partial charge in [0.1, 0.15) is 0 Å². The molecule has 4 aromatic rings. The molecular weight excluding hydrogens is 310 g/mol.